The molecule has 2 amide bonds. The van der Waals surface area contributed by atoms with Crippen LogP contribution in [0, 0.1) is 0 Å². The van der Waals surface area contributed by atoms with E-state index in [1.807, 2.05) is 24.3 Å². The molecule has 2 unspecified atom stereocenters. The predicted molar refractivity (Wildman–Crippen MR) is 123 cm³/mol. The van der Waals surface area contributed by atoms with Gasteiger partial charge in [0.2, 0.25) is 0 Å². The minimum atomic E-state index is -1.02. The summed E-state index contributed by atoms with van der Waals surface area (Å²) in [5, 5.41) is 11.8. The van der Waals surface area contributed by atoms with Crippen molar-refractivity contribution in [2.75, 3.05) is 19.7 Å². The van der Waals surface area contributed by atoms with Gasteiger partial charge in [0, 0.05) is 18.5 Å². The number of carboxylic acids is 1. The summed E-state index contributed by atoms with van der Waals surface area (Å²) in [6, 6.07) is 16.3. The van der Waals surface area contributed by atoms with E-state index in [4.69, 9.17) is 14.6 Å². The fourth-order valence-electron chi connectivity index (χ4n) is 4.99. The van der Waals surface area contributed by atoms with E-state index in [0.29, 0.717) is 12.8 Å². The van der Waals surface area contributed by atoms with E-state index in [1.165, 1.54) is 16.0 Å². The van der Waals surface area contributed by atoms with Crippen molar-refractivity contribution < 1.29 is 29.0 Å². The fourth-order valence-corrected chi connectivity index (χ4v) is 4.99. The van der Waals surface area contributed by atoms with Gasteiger partial charge < -0.3 is 24.8 Å². The summed E-state index contributed by atoms with van der Waals surface area (Å²) in [5.74, 6) is -1.30. The number of ether oxygens (including phenoxy) is 2. The number of carbonyl (C=O) groups is 3. The number of nitrogens with one attached hydrogen (secondary N) is 1. The minimum Gasteiger partial charge on any atom is -0.480 e. The number of carboxylic acid groups (broad SMARTS) is 1. The summed E-state index contributed by atoms with van der Waals surface area (Å²) in [5.41, 5.74) is 4.65. The van der Waals surface area contributed by atoms with Crippen LogP contribution in [0.3, 0.4) is 0 Å². The van der Waals surface area contributed by atoms with Crippen LogP contribution in [0.1, 0.15) is 42.7 Å². The van der Waals surface area contributed by atoms with Crippen molar-refractivity contribution in [1.29, 1.82) is 0 Å². The molecule has 178 valence electrons. The highest BCUT2D eigenvalue weighted by Gasteiger charge is 2.40. The van der Waals surface area contributed by atoms with Crippen LogP contribution >= 0.6 is 0 Å². The second-order valence-electron chi connectivity index (χ2n) is 9.12. The van der Waals surface area contributed by atoms with E-state index in [1.54, 1.807) is 0 Å². The lowest BCUT2D eigenvalue weighted by Crippen LogP contribution is -2.44. The largest absolute Gasteiger partial charge is 0.480 e. The van der Waals surface area contributed by atoms with Crippen molar-refractivity contribution in [1.82, 2.24) is 10.2 Å². The van der Waals surface area contributed by atoms with Gasteiger partial charge in [0.1, 0.15) is 19.3 Å². The third-order valence-electron chi connectivity index (χ3n) is 6.78. The first-order chi connectivity index (χ1) is 16.5. The lowest BCUT2D eigenvalue weighted by atomic mass is 9.98. The van der Waals surface area contributed by atoms with Crippen LogP contribution in [-0.2, 0) is 19.1 Å². The van der Waals surface area contributed by atoms with Crippen LogP contribution in [-0.4, -0.2) is 65.9 Å². The summed E-state index contributed by atoms with van der Waals surface area (Å²) >= 11 is 0. The molecule has 8 heteroatoms. The van der Waals surface area contributed by atoms with Gasteiger partial charge in [0.15, 0.2) is 0 Å². The maximum Gasteiger partial charge on any atom is 0.407 e. The quantitative estimate of drug-likeness (QED) is 0.622. The predicted octanol–water partition coefficient (Wildman–Crippen LogP) is 3.15. The van der Waals surface area contributed by atoms with E-state index in [0.717, 1.165) is 24.0 Å². The molecule has 1 heterocycles. The van der Waals surface area contributed by atoms with E-state index in [2.05, 4.69) is 29.6 Å². The van der Waals surface area contributed by atoms with Crippen molar-refractivity contribution in [3.63, 3.8) is 0 Å². The SMILES string of the molecule is O=C(O)CN(C(=O)C1CCC(CNC(=O)OCC2c3ccccc3-c3ccccc32)O1)C1CC1. The van der Waals surface area contributed by atoms with E-state index >= 15 is 0 Å². The van der Waals surface area contributed by atoms with Gasteiger partial charge in [-0.15, -0.1) is 0 Å². The Balaban J connectivity index is 1.11. The summed E-state index contributed by atoms with van der Waals surface area (Å²) in [4.78, 5) is 37.6. The third kappa shape index (κ3) is 4.63. The van der Waals surface area contributed by atoms with Gasteiger partial charge in [-0.2, -0.15) is 0 Å². The van der Waals surface area contributed by atoms with Gasteiger partial charge >= 0.3 is 12.1 Å². The van der Waals surface area contributed by atoms with E-state index in [-0.39, 0.29) is 43.7 Å². The van der Waals surface area contributed by atoms with Crippen molar-refractivity contribution >= 4 is 18.0 Å². The minimum absolute atomic E-state index is 0.00482. The highest BCUT2D eigenvalue weighted by Crippen LogP contribution is 2.44. The van der Waals surface area contributed by atoms with Crippen molar-refractivity contribution in [3.8, 4) is 11.1 Å². The zero-order chi connectivity index (χ0) is 23.7. The van der Waals surface area contributed by atoms with Crippen LogP contribution < -0.4 is 5.32 Å². The number of rotatable bonds is 8. The molecule has 1 saturated carbocycles. The van der Waals surface area contributed by atoms with Crippen molar-refractivity contribution in [2.24, 2.45) is 0 Å². The molecule has 0 bridgehead atoms. The van der Waals surface area contributed by atoms with Gasteiger partial charge in [0.25, 0.3) is 5.91 Å². The Bertz CT molecular complexity index is 1050. The molecule has 2 aromatic rings. The number of aliphatic carboxylic acids is 1. The van der Waals surface area contributed by atoms with Crippen LogP contribution in [0.2, 0.25) is 0 Å². The van der Waals surface area contributed by atoms with Crippen LogP contribution in [0.4, 0.5) is 4.79 Å². The molecule has 3 aliphatic rings. The topological polar surface area (TPSA) is 105 Å². The molecule has 2 aliphatic carbocycles. The number of carbonyl (C=O) groups excluding carboxylic acids is 2. The summed E-state index contributed by atoms with van der Waals surface area (Å²) in [6.07, 6.45) is 1.31. The maximum atomic E-state index is 12.7. The first-order valence-corrected chi connectivity index (χ1v) is 11.8. The van der Waals surface area contributed by atoms with E-state index in [9.17, 15) is 14.4 Å². The average Bonchev–Trinajstić information content (AvgIpc) is 3.48. The van der Waals surface area contributed by atoms with Gasteiger partial charge in [-0.25, -0.2) is 4.79 Å². The Kier molecular flexibility index (Phi) is 6.24. The smallest absolute Gasteiger partial charge is 0.407 e. The monoisotopic (exact) mass is 464 g/mol. The average molecular weight is 465 g/mol. The number of hydrogen-bond donors (Lipinski definition) is 2. The molecule has 2 aromatic carbocycles. The van der Waals surface area contributed by atoms with Crippen LogP contribution in [0.5, 0.6) is 0 Å². The van der Waals surface area contributed by atoms with Crippen molar-refractivity contribution in [3.05, 3.63) is 59.7 Å². The molecule has 1 saturated heterocycles. The Morgan fingerprint density at radius 3 is 2.24 bits per heavy atom. The number of alkyl carbamates (subject to hydrolysis) is 1. The molecule has 1 aliphatic heterocycles. The molecule has 8 nitrogen and oxygen atoms in total. The maximum absolute atomic E-state index is 12.7. The molecular formula is C26H28N2O6. The van der Waals surface area contributed by atoms with E-state index < -0.39 is 18.2 Å². The molecule has 2 fully saturated rings. The normalized spacial score (nSPS) is 20.9. The van der Waals surface area contributed by atoms with Gasteiger partial charge in [-0.3, -0.25) is 9.59 Å². The number of hydrogen-bond acceptors (Lipinski definition) is 5. The standard InChI is InChI=1S/C26H28N2O6/c29-24(30)14-28(16-9-10-16)25(31)23-12-11-17(34-23)13-27-26(32)33-15-22-20-7-3-1-5-18(20)19-6-2-4-8-21(19)22/h1-8,16-17,22-23H,9-15H2,(H,27,32)(H,29,30). The zero-order valence-electron chi connectivity index (χ0n) is 18.8. The fraction of sp³-hybridized carbons (Fsp3) is 0.423. The van der Waals surface area contributed by atoms with Gasteiger partial charge in [-0.1, -0.05) is 48.5 Å². The Labute approximate surface area is 197 Å². The molecule has 2 N–H and O–H groups in total. The summed E-state index contributed by atoms with van der Waals surface area (Å²) < 4.78 is 11.4. The molecule has 34 heavy (non-hydrogen) atoms. The van der Waals surface area contributed by atoms with Crippen molar-refractivity contribution in [2.45, 2.75) is 49.9 Å². The number of benzene rings is 2. The highest BCUT2D eigenvalue weighted by atomic mass is 16.5. The second-order valence-corrected chi connectivity index (χ2v) is 9.12. The first kappa shape index (κ1) is 22.4. The van der Waals surface area contributed by atoms with Gasteiger partial charge in [0.05, 0.1) is 6.10 Å². The molecule has 5 rings (SSSR count). The van der Waals surface area contributed by atoms with Gasteiger partial charge in [-0.05, 0) is 47.9 Å². The Morgan fingerprint density at radius 2 is 1.62 bits per heavy atom. The number of nitrogens with zero attached hydrogens (tertiary/aromatic N) is 1. The molecule has 2 atom stereocenters. The lowest BCUT2D eigenvalue weighted by Gasteiger charge is -2.24. The Morgan fingerprint density at radius 1 is 0.971 bits per heavy atom. The summed E-state index contributed by atoms with van der Waals surface area (Å²) in [6.45, 7) is 0.173. The number of amides is 2. The highest BCUT2D eigenvalue weighted by molar-refractivity contribution is 5.85. The summed E-state index contributed by atoms with van der Waals surface area (Å²) in [7, 11) is 0. The lowest BCUT2D eigenvalue weighted by molar-refractivity contribution is -0.150. The molecular weight excluding hydrogens is 436 g/mol. The molecule has 0 spiro atoms. The number of fused-ring (bicyclic) bond motifs is 3. The van der Waals surface area contributed by atoms with Crippen LogP contribution in [0.15, 0.2) is 48.5 Å². The zero-order valence-corrected chi connectivity index (χ0v) is 18.8. The first-order valence-electron chi connectivity index (χ1n) is 11.8. The third-order valence-corrected chi connectivity index (χ3v) is 6.78. The molecule has 0 aromatic heterocycles. The van der Waals surface area contributed by atoms with Crippen LogP contribution in [0.25, 0.3) is 11.1 Å². The molecule has 0 radical (unpaired) electrons. The Hall–Kier alpha value is -3.39. The second kappa shape index (κ2) is 9.46.